The summed E-state index contributed by atoms with van der Waals surface area (Å²) in [6, 6.07) is 9.11. The zero-order chi connectivity index (χ0) is 15.8. The van der Waals surface area contributed by atoms with Crippen molar-refractivity contribution >= 4 is 5.91 Å². The second kappa shape index (κ2) is 6.27. The summed E-state index contributed by atoms with van der Waals surface area (Å²) in [5, 5.41) is 0. The Bertz CT molecular complexity index is 581. The first-order chi connectivity index (χ1) is 11.2. The molecule has 3 heterocycles. The summed E-state index contributed by atoms with van der Waals surface area (Å²) in [6.45, 7) is 6.21. The molecule has 3 heteroatoms. The predicted octanol–water partition coefficient (Wildman–Crippen LogP) is 3.22. The average Bonchev–Trinajstić information content (AvgIpc) is 2.76. The second-order valence-electron chi connectivity index (χ2n) is 7.84. The van der Waals surface area contributed by atoms with E-state index in [0.29, 0.717) is 11.9 Å². The Morgan fingerprint density at radius 3 is 2.65 bits per heavy atom. The van der Waals surface area contributed by atoms with E-state index in [1.165, 1.54) is 36.8 Å². The van der Waals surface area contributed by atoms with Gasteiger partial charge in [0.15, 0.2) is 0 Å². The second-order valence-corrected chi connectivity index (χ2v) is 7.84. The lowest BCUT2D eigenvalue weighted by molar-refractivity contribution is -0.141. The van der Waals surface area contributed by atoms with Crippen molar-refractivity contribution in [1.29, 1.82) is 0 Å². The van der Waals surface area contributed by atoms with Gasteiger partial charge in [0, 0.05) is 32.2 Å². The van der Waals surface area contributed by atoms with E-state index in [1.54, 1.807) is 0 Å². The third kappa shape index (κ3) is 3.03. The first-order valence-electron chi connectivity index (χ1n) is 9.28. The van der Waals surface area contributed by atoms with Gasteiger partial charge in [0.2, 0.25) is 5.91 Å². The fourth-order valence-corrected chi connectivity index (χ4v) is 4.48. The number of amides is 1. The summed E-state index contributed by atoms with van der Waals surface area (Å²) in [7, 11) is 0. The van der Waals surface area contributed by atoms with Gasteiger partial charge in [-0.15, -0.1) is 0 Å². The lowest BCUT2D eigenvalue weighted by Gasteiger charge is -2.40. The summed E-state index contributed by atoms with van der Waals surface area (Å²) in [5.41, 5.74) is 2.77. The highest BCUT2D eigenvalue weighted by Gasteiger charge is 2.41. The van der Waals surface area contributed by atoms with Crippen molar-refractivity contribution in [1.82, 2.24) is 9.80 Å². The van der Waals surface area contributed by atoms with Crippen LogP contribution in [0.4, 0.5) is 0 Å². The maximum atomic E-state index is 12.8. The summed E-state index contributed by atoms with van der Waals surface area (Å²) in [4.78, 5) is 17.6. The van der Waals surface area contributed by atoms with Crippen molar-refractivity contribution in [3.8, 4) is 0 Å². The van der Waals surface area contributed by atoms with Gasteiger partial charge in [0.05, 0.1) is 5.92 Å². The van der Waals surface area contributed by atoms with Crippen LogP contribution < -0.4 is 0 Å². The maximum absolute atomic E-state index is 12.8. The lowest BCUT2D eigenvalue weighted by atomic mass is 9.83. The van der Waals surface area contributed by atoms with E-state index >= 15 is 0 Å². The summed E-state index contributed by atoms with van der Waals surface area (Å²) >= 11 is 0. The van der Waals surface area contributed by atoms with Crippen molar-refractivity contribution in [2.45, 2.75) is 51.6 Å². The molecule has 3 saturated heterocycles. The van der Waals surface area contributed by atoms with Gasteiger partial charge in [0.1, 0.15) is 0 Å². The van der Waals surface area contributed by atoms with Crippen molar-refractivity contribution in [3.63, 3.8) is 0 Å². The van der Waals surface area contributed by atoms with Crippen LogP contribution in [0.5, 0.6) is 0 Å². The Hall–Kier alpha value is -1.35. The van der Waals surface area contributed by atoms with Crippen LogP contribution in [0.15, 0.2) is 24.3 Å². The Labute approximate surface area is 139 Å². The predicted molar refractivity (Wildman–Crippen MR) is 92.0 cm³/mol. The van der Waals surface area contributed by atoms with Gasteiger partial charge >= 0.3 is 0 Å². The fourth-order valence-electron chi connectivity index (χ4n) is 4.48. The Morgan fingerprint density at radius 2 is 1.91 bits per heavy atom. The van der Waals surface area contributed by atoms with E-state index in [4.69, 9.17) is 0 Å². The molecule has 3 nitrogen and oxygen atoms in total. The maximum Gasteiger partial charge on any atom is 0.227 e. The van der Waals surface area contributed by atoms with Gasteiger partial charge in [-0.25, -0.2) is 0 Å². The van der Waals surface area contributed by atoms with E-state index in [9.17, 15) is 4.79 Å². The smallest absolute Gasteiger partial charge is 0.227 e. The fraction of sp³-hybridized carbons (Fsp3) is 0.650. The molecule has 0 spiro atoms. The van der Waals surface area contributed by atoms with E-state index in [-0.39, 0.29) is 5.92 Å². The molecule has 1 amide bonds. The minimum Gasteiger partial charge on any atom is -0.338 e. The molecule has 124 valence electrons. The average molecular weight is 312 g/mol. The molecule has 4 aliphatic rings. The number of aryl methyl sites for hydroxylation is 1. The zero-order valence-electron chi connectivity index (χ0n) is 14.2. The Balaban J connectivity index is 1.48. The molecule has 2 bridgehead atoms. The van der Waals surface area contributed by atoms with Crippen LogP contribution in [0.25, 0.3) is 0 Å². The van der Waals surface area contributed by atoms with E-state index in [1.807, 2.05) is 0 Å². The normalized spacial score (nSPS) is 28.7. The van der Waals surface area contributed by atoms with Crippen LogP contribution in [0, 0.1) is 18.8 Å². The number of nitrogens with zero attached hydrogens (tertiary/aromatic N) is 2. The molecule has 1 aliphatic carbocycles. The molecule has 5 rings (SSSR count). The van der Waals surface area contributed by atoms with Gasteiger partial charge in [-0.2, -0.15) is 0 Å². The van der Waals surface area contributed by atoms with Crippen LogP contribution in [0.2, 0.25) is 0 Å². The molecular formula is C20H28N2O. The first kappa shape index (κ1) is 15.2. The molecule has 23 heavy (non-hydrogen) atoms. The SMILES string of the molecule is Cc1ccccc1CN1C[C@@H]2CC[C@H](C1)N(CC1CCC1)C2=O. The quantitative estimate of drug-likeness (QED) is 0.852. The number of piperidine rings is 1. The summed E-state index contributed by atoms with van der Waals surface area (Å²) in [5.74, 6) is 1.46. The Morgan fingerprint density at radius 1 is 1.09 bits per heavy atom. The van der Waals surface area contributed by atoms with Crippen molar-refractivity contribution in [2.24, 2.45) is 11.8 Å². The molecule has 0 aromatic heterocycles. The van der Waals surface area contributed by atoms with Gasteiger partial charge in [-0.05, 0) is 49.7 Å². The van der Waals surface area contributed by atoms with Crippen LogP contribution >= 0.6 is 0 Å². The molecule has 2 atom stereocenters. The molecule has 1 aromatic rings. The molecule has 0 radical (unpaired) electrons. The number of carbonyl (C=O) groups is 1. The zero-order valence-corrected chi connectivity index (χ0v) is 14.2. The summed E-state index contributed by atoms with van der Waals surface area (Å²) in [6.07, 6.45) is 6.31. The molecule has 3 aliphatic heterocycles. The molecule has 0 unspecified atom stereocenters. The van der Waals surface area contributed by atoms with Crippen molar-refractivity contribution in [3.05, 3.63) is 35.4 Å². The topological polar surface area (TPSA) is 23.6 Å². The van der Waals surface area contributed by atoms with E-state index in [2.05, 4.69) is 41.0 Å². The molecular weight excluding hydrogens is 284 g/mol. The van der Waals surface area contributed by atoms with Crippen LogP contribution in [-0.4, -0.2) is 41.4 Å². The molecule has 4 fully saturated rings. The highest BCUT2D eigenvalue weighted by Crippen LogP contribution is 2.34. The minimum atomic E-state index is 0.234. The Kier molecular flexibility index (Phi) is 4.14. The first-order valence-corrected chi connectivity index (χ1v) is 9.28. The third-order valence-corrected chi connectivity index (χ3v) is 6.20. The minimum absolute atomic E-state index is 0.234. The summed E-state index contributed by atoms with van der Waals surface area (Å²) < 4.78 is 0. The number of benzene rings is 1. The highest BCUT2D eigenvalue weighted by atomic mass is 16.2. The van der Waals surface area contributed by atoms with Crippen LogP contribution in [-0.2, 0) is 11.3 Å². The number of rotatable bonds is 4. The monoisotopic (exact) mass is 312 g/mol. The van der Waals surface area contributed by atoms with E-state index in [0.717, 1.165) is 38.5 Å². The van der Waals surface area contributed by atoms with Crippen molar-refractivity contribution in [2.75, 3.05) is 19.6 Å². The number of fused-ring (bicyclic) bond motifs is 4. The van der Waals surface area contributed by atoms with Crippen molar-refractivity contribution < 1.29 is 4.79 Å². The molecule has 0 N–H and O–H groups in total. The van der Waals surface area contributed by atoms with Gasteiger partial charge in [-0.1, -0.05) is 30.7 Å². The highest BCUT2D eigenvalue weighted by molar-refractivity contribution is 5.80. The number of hydrogen-bond acceptors (Lipinski definition) is 2. The van der Waals surface area contributed by atoms with Gasteiger partial charge in [0.25, 0.3) is 0 Å². The number of carbonyl (C=O) groups excluding carboxylic acids is 1. The number of hydrogen-bond donors (Lipinski definition) is 0. The van der Waals surface area contributed by atoms with Gasteiger partial charge in [-0.3, -0.25) is 9.69 Å². The van der Waals surface area contributed by atoms with Crippen LogP contribution in [0.3, 0.4) is 0 Å². The standard InChI is InChI=1S/C20H28N2O/c1-15-5-2-3-8-17(15)12-21-13-18-9-10-19(14-21)22(20(18)23)11-16-6-4-7-16/h2-3,5,8,16,18-19H,4,6-7,9-14H2,1H3/t18-,19+/m0/s1. The lowest BCUT2D eigenvalue weighted by Crippen LogP contribution is -2.50. The largest absolute Gasteiger partial charge is 0.338 e. The molecule has 1 aromatic carbocycles. The van der Waals surface area contributed by atoms with E-state index < -0.39 is 0 Å². The molecule has 1 saturated carbocycles. The van der Waals surface area contributed by atoms with Crippen LogP contribution in [0.1, 0.15) is 43.2 Å². The van der Waals surface area contributed by atoms with Gasteiger partial charge < -0.3 is 4.90 Å². The third-order valence-electron chi connectivity index (χ3n) is 6.20.